The van der Waals surface area contributed by atoms with Crippen molar-refractivity contribution in [3.63, 3.8) is 0 Å². The van der Waals surface area contributed by atoms with Crippen LogP contribution in [0.2, 0.25) is 0 Å². The molecular formula is C11H16ClN5O2S. The van der Waals surface area contributed by atoms with Crippen molar-refractivity contribution in [1.29, 1.82) is 0 Å². The number of H-pyrrole nitrogens is 1. The second-order valence-electron chi connectivity index (χ2n) is 4.48. The molecule has 0 bridgehead atoms. The summed E-state index contributed by atoms with van der Waals surface area (Å²) >= 11 is 5.80. The maximum absolute atomic E-state index is 12.5. The zero-order chi connectivity index (χ0) is 14.9. The third kappa shape index (κ3) is 2.58. The van der Waals surface area contributed by atoms with Gasteiger partial charge in [0.05, 0.1) is 12.4 Å². The minimum atomic E-state index is -3.70. The highest BCUT2D eigenvalue weighted by molar-refractivity contribution is 7.89. The Kier molecular flexibility index (Phi) is 4.17. The largest absolute Gasteiger partial charge is 0.337 e. The van der Waals surface area contributed by atoms with Crippen LogP contribution in [0.15, 0.2) is 17.4 Å². The Bertz CT molecular complexity index is 706. The number of hydrogen-bond acceptors (Lipinski definition) is 4. The summed E-state index contributed by atoms with van der Waals surface area (Å²) in [7, 11) is -0.397. The van der Waals surface area contributed by atoms with Gasteiger partial charge in [-0.15, -0.1) is 11.6 Å². The fourth-order valence-corrected chi connectivity index (χ4v) is 3.47. The molecule has 0 aliphatic rings. The number of rotatable bonds is 5. The molecule has 0 radical (unpaired) electrons. The third-order valence-electron chi connectivity index (χ3n) is 3.11. The van der Waals surface area contributed by atoms with Gasteiger partial charge in [-0.1, -0.05) is 0 Å². The van der Waals surface area contributed by atoms with E-state index in [1.165, 1.54) is 11.4 Å². The van der Waals surface area contributed by atoms with Crippen molar-refractivity contribution in [2.75, 3.05) is 7.05 Å². The molecule has 0 fully saturated rings. The zero-order valence-corrected chi connectivity index (χ0v) is 13.0. The van der Waals surface area contributed by atoms with E-state index in [9.17, 15) is 8.42 Å². The van der Waals surface area contributed by atoms with E-state index in [1.54, 1.807) is 23.9 Å². The van der Waals surface area contributed by atoms with Crippen LogP contribution < -0.4 is 0 Å². The van der Waals surface area contributed by atoms with Crippen LogP contribution in [0, 0.1) is 6.92 Å². The molecule has 0 unspecified atom stereocenters. The summed E-state index contributed by atoms with van der Waals surface area (Å²) in [5.41, 5.74) is 1.15. The number of aromatic nitrogens is 4. The molecule has 2 rings (SSSR count). The van der Waals surface area contributed by atoms with Gasteiger partial charge in [-0.3, -0.25) is 5.10 Å². The maximum Gasteiger partial charge on any atom is 0.262 e. The number of imidazole rings is 1. The number of aryl methyl sites for hydroxylation is 2. The lowest BCUT2D eigenvalue weighted by molar-refractivity contribution is 0.448. The first-order chi connectivity index (χ1) is 9.37. The number of nitrogens with one attached hydrogen (secondary N) is 1. The Morgan fingerprint density at radius 3 is 2.75 bits per heavy atom. The van der Waals surface area contributed by atoms with Crippen molar-refractivity contribution in [3.05, 3.63) is 29.5 Å². The standard InChI is InChI=1S/C11H16ClN5O2S/c1-8-9(6-12)11(15-14-8)20(18,19)17(3)7-10-13-4-5-16(10)2/h4-5H,6-7H2,1-3H3,(H,14,15). The SMILES string of the molecule is Cc1[nH]nc(S(=O)(=O)N(C)Cc2nccn2C)c1CCl. The Balaban J connectivity index is 2.32. The lowest BCUT2D eigenvalue weighted by atomic mass is 10.3. The number of sulfonamides is 1. The summed E-state index contributed by atoms with van der Waals surface area (Å²) in [6.07, 6.45) is 3.39. The zero-order valence-electron chi connectivity index (χ0n) is 11.5. The molecule has 9 heteroatoms. The number of aromatic amines is 1. The van der Waals surface area contributed by atoms with Crippen LogP contribution in [-0.2, 0) is 29.5 Å². The van der Waals surface area contributed by atoms with Crippen LogP contribution in [0.25, 0.3) is 0 Å². The fraction of sp³-hybridized carbons (Fsp3) is 0.455. The highest BCUT2D eigenvalue weighted by Gasteiger charge is 2.28. The number of nitrogens with zero attached hydrogens (tertiary/aromatic N) is 4. The van der Waals surface area contributed by atoms with Crippen LogP contribution >= 0.6 is 11.6 Å². The summed E-state index contributed by atoms with van der Waals surface area (Å²) in [6.45, 7) is 1.90. The molecule has 2 aromatic heterocycles. The van der Waals surface area contributed by atoms with Crippen molar-refractivity contribution >= 4 is 21.6 Å². The van der Waals surface area contributed by atoms with Gasteiger partial charge in [-0.05, 0) is 6.92 Å². The van der Waals surface area contributed by atoms with Crippen molar-refractivity contribution in [2.24, 2.45) is 7.05 Å². The van der Waals surface area contributed by atoms with Crippen molar-refractivity contribution in [1.82, 2.24) is 24.1 Å². The third-order valence-corrected chi connectivity index (χ3v) is 5.15. The van der Waals surface area contributed by atoms with Crippen molar-refractivity contribution in [2.45, 2.75) is 24.4 Å². The van der Waals surface area contributed by atoms with Gasteiger partial charge in [-0.25, -0.2) is 13.4 Å². The van der Waals surface area contributed by atoms with Crippen LogP contribution in [0.3, 0.4) is 0 Å². The Labute approximate surface area is 122 Å². The maximum atomic E-state index is 12.5. The summed E-state index contributed by atoms with van der Waals surface area (Å²) < 4.78 is 28.0. The van der Waals surface area contributed by atoms with E-state index in [2.05, 4.69) is 15.2 Å². The molecule has 1 N–H and O–H groups in total. The number of alkyl halides is 1. The van der Waals surface area contributed by atoms with Crippen molar-refractivity contribution < 1.29 is 8.42 Å². The first kappa shape index (κ1) is 15.0. The molecule has 7 nitrogen and oxygen atoms in total. The molecule has 110 valence electrons. The summed E-state index contributed by atoms with van der Waals surface area (Å²) in [6, 6.07) is 0. The average molecular weight is 318 g/mol. The molecule has 0 aliphatic carbocycles. The molecule has 0 atom stereocenters. The first-order valence-electron chi connectivity index (χ1n) is 5.90. The molecule has 0 aromatic carbocycles. The second-order valence-corrected chi connectivity index (χ2v) is 6.71. The van der Waals surface area contributed by atoms with Gasteiger partial charge in [0.2, 0.25) is 0 Å². The van der Waals surface area contributed by atoms with Gasteiger partial charge in [-0.2, -0.15) is 9.40 Å². The molecule has 0 aliphatic heterocycles. The molecule has 0 saturated heterocycles. The van der Waals surface area contributed by atoms with E-state index < -0.39 is 10.0 Å². The lowest BCUT2D eigenvalue weighted by Gasteiger charge is -2.16. The topological polar surface area (TPSA) is 83.9 Å². The summed E-state index contributed by atoms with van der Waals surface area (Å²) in [5, 5.41) is 6.50. The van der Waals surface area contributed by atoms with Crippen LogP contribution in [0.5, 0.6) is 0 Å². The number of halogens is 1. The monoisotopic (exact) mass is 317 g/mol. The highest BCUT2D eigenvalue weighted by Crippen LogP contribution is 2.22. The van der Waals surface area contributed by atoms with Gasteiger partial charge in [0, 0.05) is 37.7 Å². The average Bonchev–Trinajstić information content (AvgIpc) is 2.96. The van der Waals surface area contributed by atoms with Crippen LogP contribution in [0.1, 0.15) is 17.1 Å². The van der Waals surface area contributed by atoms with Gasteiger partial charge in [0.25, 0.3) is 10.0 Å². The smallest absolute Gasteiger partial charge is 0.262 e. The minimum Gasteiger partial charge on any atom is -0.337 e. The normalized spacial score (nSPS) is 12.2. The van der Waals surface area contributed by atoms with Crippen LogP contribution in [-0.4, -0.2) is 39.5 Å². The van der Waals surface area contributed by atoms with Gasteiger partial charge < -0.3 is 4.57 Å². The van der Waals surface area contributed by atoms with Crippen LogP contribution in [0.4, 0.5) is 0 Å². The van der Waals surface area contributed by atoms with Gasteiger partial charge in [0.1, 0.15) is 5.82 Å². The van der Waals surface area contributed by atoms with E-state index >= 15 is 0 Å². The molecule has 0 spiro atoms. The number of hydrogen-bond donors (Lipinski definition) is 1. The van der Waals surface area contributed by atoms with Gasteiger partial charge in [0.15, 0.2) is 5.03 Å². The molecule has 2 aromatic rings. The minimum absolute atomic E-state index is 0.0262. The molecule has 20 heavy (non-hydrogen) atoms. The Morgan fingerprint density at radius 2 is 2.20 bits per heavy atom. The predicted octanol–water partition coefficient (Wildman–Crippen LogP) is 1.01. The van der Waals surface area contributed by atoms with E-state index in [4.69, 9.17) is 11.6 Å². The highest BCUT2D eigenvalue weighted by atomic mass is 35.5. The Morgan fingerprint density at radius 1 is 1.50 bits per heavy atom. The molecule has 0 saturated carbocycles. The molecule has 0 amide bonds. The van der Waals surface area contributed by atoms with E-state index in [0.717, 1.165) is 0 Å². The quantitative estimate of drug-likeness (QED) is 0.834. The molecular weight excluding hydrogens is 302 g/mol. The first-order valence-corrected chi connectivity index (χ1v) is 7.87. The second kappa shape index (κ2) is 5.55. The van der Waals surface area contributed by atoms with E-state index in [-0.39, 0.29) is 17.5 Å². The van der Waals surface area contributed by atoms with Gasteiger partial charge >= 0.3 is 0 Å². The van der Waals surface area contributed by atoms with Crippen molar-refractivity contribution in [3.8, 4) is 0 Å². The lowest BCUT2D eigenvalue weighted by Crippen LogP contribution is -2.28. The fourth-order valence-electron chi connectivity index (χ4n) is 1.78. The summed E-state index contributed by atoms with van der Waals surface area (Å²) in [4.78, 5) is 4.11. The Hall–Kier alpha value is -1.38. The predicted molar refractivity (Wildman–Crippen MR) is 74.7 cm³/mol. The van der Waals surface area contributed by atoms with E-state index in [1.807, 2.05) is 7.05 Å². The summed E-state index contributed by atoms with van der Waals surface area (Å²) in [5.74, 6) is 0.739. The molecule has 2 heterocycles. The van der Waals surface area contributed by atoms with E-state index in [0.29, 0.717) is 17.1 Å².